The van der Waals surface area contributed by atoms with Crippen LogP contribution in [0.15, 0.2) is 79.0 Å². The van der Waals surface area contributed by atoms with E-state index in [4.69, 9.17) is 15.2 Å². The standard InChI is InChI=1S/C30H25N3O4/c1-17-11-18(2)13-20(12-17)33-30(35)23-6-4-5-19-14-21(7-8-22(19)23)37-27-9-10-32-26-16-28(36-3)25(29(31)34)15-24(26)27/h4-16H,1-3H3,(H2,31,34)(H,33,35). The second-order valence-electron chi connectivity index (χ2n) is 8.86. The highest BCUT2D eigenvalue weighted by Gasteiger charge is 2.15. The first-order valence-corrected chi connectivity index (χ1v) is 11.7. The van der Waals surface area contributed by atoms with Gasteiger partial charge in [-0.25, -0.2) is 0 Å². The van der Waals surface area contributed by atoms with Crippen molar-refractivity contribution in [3.8, 4) is 17.2 Å². The van der Waals surface area contributed by atoms with E-state index in [9.17, 15) is 9.59 Å². The van der Waals surface area contributed by atoms with Crippen molar-refractivity contribution >= 4 is 39.2 Å². The number of fused-ring (bicyclic) bond motifs is 2. The van der Waals surface area contributed by atoms with E-state index < -0.39 is 5.91 Å². The second-order valence-corrected chi connectivity index (χ2v) is 8.86. The summed E-state index contributed by atoms with van der Waals surface area (Å²) in [6.07, 6.45) is 1.62. The largest absolute Gasteiger partial charge is 0.496 e. The molecule has 0 bridgehead atoms. The Hall–Kier alpha value is -4.91. The summed E-state index contributed by atoms with van der Waals surface area (Å²) in [7, 11) is 1.47. The molecule has 5 aromatic rings. The first-order chi connectivity index (χ1) is 17.8. The molecule has 5 rings (SSSR count). The topological polar surface area (TPSA) is 104 Å². The van der Waals surface area contributed by atoms with E-state index in [1.165, 1.54) is 7.11 Å². The molecule has 0 saturated carbocycles. The minimum atomic E-state index is -0.606. The number of amides is 2. The maximum absolute atomic E-state index is 13.1. The van der Waals surface area contributed by atoms with Gasteiger partial charge in [0.2, 0.25) is 0 Å². The number of nitrogens with zero attached hydrogens (tertiary/aromatic N) is 1. The zero-order valence-corrected chi connectivity index (χ0v) is 20.7. The van der Waals surface area contributed by atoms with Crippen LogP contribution in [0.5, 0.6) is 17.2 Å². The lowest BCUT2D eigenvalue weighted by Crippen LogP contribution is -2.12. The Morgan fingerprint density at radius 1 is 0.838 bits per heavy atom. The van der Waals surface area contributed by atoms with Gasteiger partial charge in [0.25, 0.3) is 11.8 Å². The van der Waals surface area contributed by atoms with E-state index in [1.807, 2.05) is 50.2 Å². The number of ether oxygens (including phenoxy) is 2. The lowest BCUT2D eigenvalue weighted by Gasteiger charge is -2.13. The van der Waals surface area contributed by atoms with Crippen LogP contribution in [-0.4, -0.2) is 23.9 Å². The number of pyridine rings is 1. The van der Waals surface area contributed by atoms with Crippen molar-refractivity contribution in [2.75, 3.05) is 12.4 Å². The zero-order chi connectivity index (χ0) is 26.1. The molecule has 1 heterocycles. The zero-order valence-electron chi connectivity index (χ0n) is 20.7. The smallest absolute Gasteiger partial charge is 0.256 e. The van der Waals surface area contributed by atoms with Crippen molar-refractivity contribution < 1.29 is 19.1 Å². The number of aryl methyl sites for hydroxylation is 2. The lowest BCUT2D eigenvalue weighted by atomic mass is 10.0. The van der Waals surface area contributed by atoms with Gasteiger partial charge >= 0.3 is 0 Å². The van der Waals surface area contributed by atoms with Crippen LogP contribution in [0, 0.1) is 13.8 Å². The molecular weight excluding hydrogens is 466 g/mol. The summed E-state index contributed by atoms with van der Waals surface area (Å²) >= 11 is 0. The third-order valence-electron chi connectivity index (χ3n) is 6.09. The van der Waals surface area contributed by atoms with Gasteiger partial charge in [0, 0.05) is 28.9 Å². The molecule has 0 aliphatic rings. The fraction of sp³-hybridized carbons (Fsp3) is 0.100. The van der Waals surface area contributed by atoms with Crippen LogP contribution in [0.1, 0.15) is 31.8 Å². The number of hydrogen-bond acceptors (Lipinski definition) is 5. The van der Waals surface area contributed by atoms with Crippen LogP contribution < -0.4 is 20.5 Å². The molecule has 0 unspecified atom stereocenters. The van der Waals surface area contributed by atoms with E-state index in [0.29, 0.717) is 33.7 Å². The summed E-state index contributed by atoms with van der Waals surface area (Å²) in [6.45, 7) is 4.00. The summed E-state index contributed by atoms with van der Waals surface area (Å²) in [5.41, 5.74) is 9.87. The molecule has 0 aliphatic carbocycles. The Bertz CT molecular complexity index is 1670. The predicted molar refractivity (Wildman–Crippen MR) is 145 cm³/mol. The summed E-state index contributed by atoms with van der Waals surface area (Å²) in [6, 6.07) is 22.1. The molecular formula is C30H25N3O4. The van der Waals surface area contributed by atoms with Crippen LogP contribution in [0.4, 0.5) is 5.69 Å². The molecule has 4 aromatic carbocycles. The Morgan fingerprint density at radius 3 is 2.35 bits per heavy atom. The third-order valence-corrected chi connectivity index (χ3v) is 6.09. The molecule has 0 spiro atoms. The molecule has 0 radical (unpaired) electrons. The van der Waals surface area contributed by atoms with E-state index in [0.717, 1.165) is 27.6 Å². The molecule has 184 valence electrons. The van der Waals surface area contributed by atoms with Gasteiger partial charge in [-0.05, 0) is 84.3 Å². The van der Waals surface area contributed by atoms with Gasteiger partial charge in [0.15, 0.2) is 0 Å². The molecule has 7 nitrogen and oxygen atoms in total. The van der Waals surface area contributed by atoms with E-state index in [2.05, 4.69) is 16.4 Å². The Kier molecular flexibility index (Phi) is 6.19. The maximum Gasteiger partial charge on any atom is 0.256 e. The van der Waals surface area contributed by atoms with Gasteiger partial charge in [-0.1, -0.05) is 18.2 Å². The van der Waals surface area contributed by atoms with E-state index in [-0.39, 0.29) is 11.5 Å². The number of aromatic nitrogens is 1. The number of nitrogens with one attached hydrogen (secondary N) is 1. The number of nitrogens with two attached hydrogens (primary N) is 1. The fourth-order valence-electron chi connectivity index (χ4n) is 4.49. The van der Waals surface area contributed by atoms with Crippen molar-refractivity contribution in [3.05, 3.63) is 101 Å². The number of rotatable bonds is 6. The number of carbonyl (C=O) groups is 2. The highest BCUT2D eigenvalue weighted by atomic mass is 16.5. The minimum Gasteiger partial charge on any atom is -0.496 e. The van der Waals surface area contributed by atoms with Gasteiger partial charge in [-0.15, -0.1) is 0 Å². The maximum atomic E-state index is 13.1. The molecule has 0 aliphatic heterocycles. The SMILES string of the molecule is COc1cc2nccc(Oc3ccc4c(C(=O)Nc5cc(C)cc(C)c5)cccc4c3)c2cc1C(N)=O. The number of hydrogen-bond donors (Lipinski definition) is 2. The number of methoxy groups -OCH3 is 1. The first-order valence-electron chi connectivity index (χ1n) is 11.7. The third kappa shape index (κ3) is 4.79. The Labute approximate surface area is 213 Å². The summed E-state index contributed by atoms with van der Waals surface area (Å²) in [5.74, 6) is 0.645. The summed E-state index contributed by atoms with van der Waals surface area (Å²) in [4.78, 5) is 29.4. The van der Waals surface area contributed by atoms with Gasteiger partial charge in [0.1, 0.15) is 17.2 Å². The fourth-order valence-corrected chi connectivity index (χ4v) is 4.49. The van der Waals surface area contributed by atoms with Crippen molar-refractivity contribution in [3.63, 3.8) is 0 Å². The van der Waals surface area contributed by atoms with Crippen molar-refractivity contribution in [2.45, 2.75) is 13.8 Å². The van der Waals surface area contributed by atoms with Crippen molar-refractivity contribution in [1.29, 1.82) is 0 Å². The monoisotopic (exact) mass is 491 g/mol. The highest BCUT2D eigenvalue weighted by Crippen LogP contribution is 2.34. The Balaban J connectivity index is 1.48. The molecule has 7 heteroatoms. The van der Waals surface area contributed by atoms with E-state index >= 15 is 0 Å². The van der Waals surface area contributed by atoms with Crippen LogP contribution in [0.25, 0.3) is 21.7 Å². The normalized spacial score (nSPS) is 10.9. The van der Waals surface area contributed by atoms with Gasteiger partial charge in [0.05, 0.1) is 18.2 Å². The van der Waals surface area contributed by atoms with Crippen LogP contribution in [0.3, 0.4) is 0 Å². The molecule has 0 atom stereocenters. The molecule has 0 fully saturated rings. The minimum absolute atomic E-state index is 0.183. The number of primary amides is 1. The van der Waals surface area contributed by atoms with Crippen LogP contribution in [-0.2, 0) is 0 Å². The molecule has 2 amide bonds. The predicted octanol–water partition coefficient (Wildman–Crippen LogP) is 6.16. The van der Waals surface area contributed by atoms with Gasteiger partial charge in [-0.2, -0.15) is 0 Å². The number of anilines is 1. The Morgan fingerprint density at radius 2 is 1.62 bits per heavy atom. The second kappa shape index (κ2) is 9.62. The summed E-state index contributed by atoms with van der Waals surface area (Å²) < 4.78 is 11.5. The van der Waals surface area contributed by atoms with E-state index in [1.54, 1.807) is 36.5 Å². The van der Waals surface area contributed by atoms with Crippen molar-refractivity contribution in [1.82, 2.24) is 4.98 Å². The number of benzene rings is 4. The lowest BCUT2D eigenvalue weighted by molar-refractivity contribution is 0.0995. The summed E-state index contributed by atoms with van der Waals surface area (Å²) in [5, 5.41) is 5.28. The average molecular weight is 492 g/mol. The molecule has 0 saturated heterocycles. The average Bonchev–Trinajstić information content (AvgIpc) is 2.87. The van der Waals surface area contributed by atoms with Crippen LogP contribution >= 0.6 is 0 Å². The molecule has 3 N–H and O–H groups in total. The highest BCUT2D eigenvalue weighted by molar-refractivity contribution is 6.13. The van der Waals surface area contributed by atoms with Gasteiger partial charge in [-0.3, -0.25) is 14.6 Å². The van der Waals surface area contributed by atoms with Crippen LogP contribution in [0.2, 0.25) is 0 Å². The van der Waals surface area contributed by atoms with Crippen molar-refractivity contribution in [2.24, 2.45) is 5.73 Å². The molecule has 37 heavy (non-hydrogen) atoms. The quantitative estimate of drug-likeness (QED) is 0.296. The molecule has 1 aromatic heterocycles. The van der Waals surface area contributed by atoms with Gasteiger partial charge < -0.3 is 20.5 Å². The number of carbonyl (C=O) groups excluding carboxylic acids is 2. The first kappa shape index (κ1) is 23.8.